The molecular formula is C63H43N. The van der Waals surface area contributed by atoms with Crippen molar-refractivity contribution in [2.75, 3.05) is 4.90 Å². The average Bonchev–Trinajstić information content (AvgIpc) is 3.75. The van der Waals surface area contributed by atoms with Gasteiger partial charge in [0.05, 0.1) is 0 Å². The lowest BCUT2D eigenvalue weighted by Crippen LogP contribution is -2.16. The van der Waals surface area contributed by atoms with Gasteiger partial charge in [-0.15, -0.1) is 0 Å². The van der Waals surface area contributed by atoms with Crippen LogP contribution in [-0.4, -0.2) is 0 Å². The van der Waals surface area contributed by atoms with Gasteiger partial charge in [-0.25, -0.2) is 0 Å². The number of anilines is 3. The molecule has 0 radical (unpaired) electrons. The van der Waals surface area contributed by atoms with E-state index < -0.39 is 0 Å². The molecule has 300 valence electrons. The van der Waals surface area contributed by atoms with Crippen LogP contribution in [-0.2, 0) is 5.41 Å². The Bertz CT molecular complexity index is 3780. The smallest absolute Gasteiger partial charge is 0.0468 e. The molecule has 64 heavy (non-hydrogen) atoms. The fourth-order valence-electron chi connectivity index (χ4n) is 11.2. The molecule has 0 aliphatic heterocycles. The van der Waals surface area contributed by atoms with Crippen LogP contribution < -0.4 is 4.90 Å². The molecule has 2 aliphatic rings. The maximum absolute atomic E-state index is 4.80. The summed E-state index contributed by atoms with van der Waals surface area (Å²) in [6.07, 6.45) is 0. The first-order valence-corrected chi connectivity index (χ1v) is 22.4. The summed E-state index contributed by atoms with van der Waals surface area (Å²) in [7, 11) is 0. The molecule has 11 aromatic carbocycles. The molecular weight excluding hydrogens is 771 g/mol. The third-order valence-corrected chi connectivity index (χ3v) is 14.3. The summed E-state index contributed by atoms with van der Waals surface area (Å²) in [5.41, 5.74) is 19.5. The number of para-hydroxylation sites is 1. The van der Waals surface area contributed by atoms with Gasteiger partial charge in [0.25, 0.3) is 0 Å². The van der Waals surface area contributed by atoms with Crippen LogP contribution in [0.15, 0.2) is 219 Å². The van der Waals surface area contributed by atoms with Crippen molar-refractivity contribution in [3.8, 4) is 44.5 Å². The predicted molar refractivity (Wildman–Crippen MR) is 273 cm³/mol. The van der Waals surface area contributed by atoms with Crippen molar-refractivity contribution in [3.05, 3.63) is 241 Å². The molecule has 2 aliphatic carbocycles. The van der Waals surface area contributed by atoms with E-state index in [-0.39, 0.29) is 5.41 Å². The standard InChI is InChI=1S/C63H43N/c1-39-56-34-43(59-36-44-35-58(42-26-25-40-15-7-8-16-41(40)33-42)48-19-9-11-22-54(48)62(44)55-23-12-10-20-49(55)59)27-30-50(56)51-31-28-46(37-57(39)51)64(45-17-5-4-6-18-45)47-29-32-53-52-21-13-14-24-60(52)63(2,3)61(53)38-47/h4-38H,1H2,2-3H3. The number of hydrogen-bond acceptors (Lipinski definition) is 1. The molecule has 0 aromatic heterocycles. The highest BCUT2D eigenvalue weighted by molar-refractivity contribution is 6.26. The van der Waals surface area contributed by atoms with E-state index in [1.165, 1.54) is 110 Å². The number of hydrogen-bond donors (Lipinski definition) is 0. The van der Waals surface area contributed by atoms with Gasteiger partial charge in [-0.05, 0) is 176 Å². The molecule has 1 heteroatoms. The van der Waals surface area contributed by atoms with Crippen LogP contribution in [0.5, 0.6) is 0 Å². The summed E-state index contributed by atoms with van der Waals surface area (Å²) in [6.45, 7) is 9.51. The van der Waals surface area contributed by atoms with Crippen LogP contribution in [0.25, 0.3) is 93.2 Å². The zero-order valence-electron chi connectivity index (χ0n) is 35.9. The first kappa shape index (κ1) is 36.6. The minimum atomic E-state index is -0.0977. The lowest BCUT2D eigenvalue weighted by molar-refractivity contribution is 0.660. The SMILES string of the molecule is C=C1c2cc(-c3cc4cc(-c5ccc6ccccc6c5)c5ccccc5c4c4ccccc34)ccc2-c2ccc(N(c3ccccc3)c3ccc4c(c3)C(C)(C)c3ccccc3-4)cc21. The van der Waals surface area contributed by atoms with E-state index in [9.17, 15) is 0 Å². The van der Waals surface area contributed by atoms with Gasteiger partial charge in [0.15, 0.2) is 0 Å². The van der Waals surface area contributed by atoms with Gasteiger partial charge in [-0.2, -0.15) is 0 Å². The van der Waals surface area contributed by atoms with Crippen LogP contribution in [0.1, 0.15) is 36.1 Å². The highest BCUT2D eigenvalue weighted by Gasteiger charge is 2.36. The summed E-state index contributed by atoms with van der Waals surface area (Å²) in [6, 6.07) is 78.8. The molecule has 13 rings (SSSR count). The van der Waals surface area contributed by atoms with E-state index in [0.717, 1.165) is 22.6 Å². The molecule has 0 N–H and O–H groups in total. The molecule has 0 unspecified atom stereocenters. The summed E-state index contributed by atoms with van der Waals surface area (Å²) < 4.78 is 0. The molecule has 1 nitrogen and oxygen atoms in total. The number of nitrogens with zero attached hydrogens (tertiary/aromatic N) is 1. The van der Waals surface area contributed by atoms with Gasteiger partial charge < -0.3 is 4.90 Å². The maximum Gasteiger partial charge on any atom is 0.0468 e. The minimum Gasteiger partial charge on any atom is -0.310 e. The number of fused-ring (bicyclic) bond motifs is 12. The van der Waals surface area contributed by atoms with E-state index in [1.54, 1.807) is 0 Å². The van der Waals surface area contributed by atoms with Gasteiger partial charge in [-0.3, -0.25) is 0 Å². The van der Waals surface area contributed by atoms with Crippen LogP contribution in [0, 0.1) is 0 Å². The Kier molecular flexibility index (Phi) is 7.87. The fourth-order valence-corrected chi connectivity index (χ4v) is 11.2. The van der Waals surface area contributed by atoms with Crippen molar-refractivity contribution in [2.45, 2.75) is 19.3 Å². The number of rotatable bonds is 5. The Morgan fingerprint density at radius 2 is 0.859 bits per heavy atom. The Labute approximate surface area is 373 Å². The minimum absolute atomic E-state index is 0.0977. The number of benzene rings is 11. The zero-order valence-corrected chi connectivity index (χ0v) is 35.9. The third kappa shape index (κ3) is 5.37. The molecule has 0 heterocycles. The molecule has 0 atom stereocenters. The molecule has 11 aromatic rings. The summed E-state index contributed by atoms with van der Waals surface area (Å²) in [5.74, 6) is 0. The van der Waals surface area contributed by atoms with Crippen molar-refractivity contribution in [1.29, 1.82) is 0 Å². The van der Waals surface area contributed by atoms with E-state index in [1.807, 2.05) is 0 Å². The molecule has 0 saturated carbocycles. The molecule has 0 fully saturated rings. The maximum atomic E-state index is 4.80. The monoisotopic (exact) mass is 813 g/mol. The Morgan fingerprint density at radius 3 is 1.59 bits per heavy atom. The zero-order chi connectivity index (χ0) is 42.7. The Hall–Kier alpha value is -8.00. The summed E-state index contributed by atoms with van der Waals surface area (Å²) in [5, 5.41) is 10.1. The second-order valence-corrected chi connectivity index (χ2v) is 18.1. The first-order chi connectivity index (χ1) is 31.4. The fraction of sp³-hybridized carbons (Fsp3) is 0.0476. The van der Waals surface area contributed by atoms with E-state index in [4.69, 9.17) is 6.58 Å². The molecule has 0 saturated heterocycles. The Morgan fingerprint density at radius 1 is 0.328 bits per heavy atom. The quantitative estimate of drug-likeness (QED) is 0.157. The van der Waals surface area contributed by atoms with Gasteiger partial charge >= 0.3 is 0 Å². The highest BCUT2D eigenvalue weighted by atomic mass is 15.1. The van der Waals surface area contributed by atoms with E-state index >= 15 is 0 Å². The van der Waals surface area contributed by atoms with Crippen LogP contribution in [0.3, 0.4) is 0 Å². The van der Waals surface area contributed by atoms with Crippen LogP contribution in [0.2, 0.25) is 0 Å². The Balaban J connectivity index is 0.928. The highest BCUT2D eigenvalue weighted by Crippen LogP contribution is 2.52. The third-order valence-electron chi connectivity index (χ3n) is 14.3. The van der Waals surface area contributed by atoms with Crippen molar-refractivity contribution < 1.29 is 0 Å². The summed E-state index contributed by atoms with van der Waals surface area (Å²) in [4.78, 5) is 2.40. The summed E-state index contributed by atoms with van der Waals surface area (Å²) >= 11 is 0. The largest absolute Gasteiger partial charge is 0.310 e. The van der Waals surface area contributed by atoms with Crippen LogP contribution >= 0.6 is 0 Å². The van der Waals surface area contributed by atoms with Gasteiger partial charge in [0, 0.05) is 22.5 Å². The van der Waals surface area contributed by atoms with Crippen molar-refractivity contribution in [3.63, 3.8) is 0 Å². The van der Waals surface area contributed by atoms with Gasteiger partial charge in [0.2, 0.25) is 0 Å². The average molecular weight is 814 g/mol. The van der Waals surface area contributed by atoms with Crippen molar-refractivity contribution >= 4 is 65.7 Å². The van der Waals surface area contributed by atoms with E-state index in [2.05, 4.69) is 231 Å². The second kappa shape index (κ2) is 13.8. The van der Waals surface area contributed by atoms with Crippen LogP contribution in [0.4, 0.5) is 17.1 Å². The van der Waals surface area contributed by atoms with Crippen molar-refractivity contribution in [2.24, 2.45) is 0 Å². The van der Waals surface area contributed by atoms with Crippen molar-refractivity contribution in [1.82, 2.24) is 0 Å². The van der Waals surface area contributed by atoms with Gasteiger partial charge in [0.1, 0.15) is 0 Å². The normalized spacial score (nSPS) is 13.3. The molecule has 0 bridgehead atoms. The molecule has 0 spiro atoms. The van der Waals surface area contributed by atoms with Gasteiger partial charge in [-0.1, -0.05) is 172 Å². The first-order valence-electron chi connectivity index (χ1n) is 22.4. The van der Waals surface area contributed by atoms with E-state index in [0.29, 0.717) is 0 Å². The predicted octanol–water partition coefficient (Wildman–Crippen LogP) is 17.5. The molecule has 0 amide bonds. The second-order valence-electron chi connectivity index (χ2n) is 18.1. The lowest BCUT2D eigenvalue weighted by Gasteiger charge is -2.28. The lowest BCUT2D eigenvalue weighted by atomic mass is 9.82. The topological polar surface area (TPSA) is 3.24 Å².